The van der Waals surface area contributed by atoms with E-state index in [4.69, 9.17) is 16.9 Å². The van der Waals surface area contributed by atoms with Crippen molar-refractivity contribution in [2.24, 2.45) is 0 Å². The summed E-state index contributed by atoms with van der Waals surface area (Å²) >= 11 is 5.90. The highest BCUT2D eigenvalue weighted by molar-refractivity contribution is 6.30. The summed E-state index contributed by atoms with van der Waals surface area (Å²) < 4.78 is 0. The zero-order chi connectivity index (χ0) is 12.1. The molecular weight excluding hydrogens is 234 g/mol. The van der Waals surface area contributed by atoms with Gasteiger partial charge in [0.1, 0.15) is 6.07 Å². The van der Waals surface area contributed by atoms with Crippen LogP contribution in [0.4, 0.5) is 5.69 Å². The largest absolute Gasteiger partial charge is 0.384 e. The molecule has 0 radical (unpaired) electrons. The number of nitrogens with one attached hydrogen (secondary N) is 2. The van der Waals surface area contributed by atoms with Gasteiger partial charge in [0.05, 0.1) is 11.3 Å². The van der Waals surface area contributed by atoms with Crippen molar-refractivity contribution in [1.29, 1.82) is 5.26 Å². The number of nitrogens with zero attached hydrogens (tertiary/aromatic N) is 1. The molecule has 2 N–H and O–H groups in total. The lowest BCUT2D eigenvalue weighted by Gasteiger charge is -2.08. The Morgan fingerprint density at radius 2 is 2.18 bits per heavy atom. The maximum Gasteiger partial charge on any atom is 0.101 e. The molecule has 0 aromatic heterocycles. The van der Waals surface area contributed by atoms with Gasteiger partial charge in [0.15, 0.2) is 0 Å². The molecule has 0 unspecified atom stereocenters. The van der Waals surface area contributed by atoms with Crippen LogP contribution in [0.15, 0.2) is 18.2 Å². The van der Waals surface area contributed by atoms with Crippen LogP contribution >= 0.6 is 11.6 Å². The van der Waals surface area contributed by atoms with Crippen LogP contribution in [0.1, 0.15) is 24.8 Å². The third-order valence-corrected chi connectivity index (χ3v) is 3.02. The third-order valence-electron chi connectivity index (χ3n) is 2.78. The molecule has 0 saturated heterocycles. The Morgan fingerprint density at radius 1 is 1.35 bits per heavy atom. The summed E-state index contributed by atoms with van der Waals surface area (Å²) in [6.45, 7) is 1.88. The fourth-order valence-corrected chi connectivity index (χ4v) is 1.84. The number of halogens is 1. The summed E-state index contributed by atoms with van der Waals surface area (Å²) in [5.74, 6) is 0. The van der Waals surface area contributed by atoms with Crippen molar-refractivity contribution in [3.05, 3.63) is 28.8 Å². The molecule has 4 heteroatoms. The van der Waals surface area contributed by atoms with E-state index >= 15 is 0 Å². The van der Waals surface area contributed by atoms with Crippen LogP contribution in [-0.4, -0.2) is 19.1 Å². The molecule has 0 amide bonds. The second kappa shape index (κ2) is 5.90. The van der Waals surface area contributed by atoms with E-state index < -0.39 is 0 Å². The zero-order valence-electron chi connectivity index (χ0n) is 9.67. The van der Waals surface area contributed by atoms with Crippen LogP contribution in [0, 0.1) is 11.3 Å². The Morgan fingerprint density at radius 3 is 2.88 bits per heavy atom. The summed E-state index contributed by atoms with van der Waals surface area (Å²) in [5, 5.41) is 16.3. The van der Waals surface area contributed by atoms with Gasteiger partial charge in [-0.05, 0) is 44.0 Å². The molecule has 1 aliphatic rings. The molecule has 1 aromatic rings. The quantitative estimate of drug-likeness (QED) is 0.763. The van der Waals surface area contributed by atoms with Crippen molar-refractivity contribution in [2.75, 3.05) is 18.4 Å². The average Bonchev–Trinajstić information content (AvgIpc) is 3.13. The van der Waals surface area contributed by atoms with Crippen LogP contribution in [0.2, 0.25) is 5.02 Å². The lowest BCUT2D eigenvalue weighted by molar-refractivity contribution is 0.659. The standard InChI is InChI=1S/C13H16ClN3/c14-11-3-2-10(9-15)13(8-11)17-7-1-6-16-12-4-5-12/h2-3,8,12,16-17H,1,4-7H2. The second-order valence-corrected chi connectivity index (χ2v) is 4.75. The molecule has 1 fully saturated rings. The maximum absolute atomic E-state index is 8.95. The van der Waals surface area contributed by atoms with Gasteiger partial charge >= 0.3 is 0 Å². The van der Waals surface area contributed by atoms with Gasteiger partial charge in [-0.3, -0.25) is 0 Å². The predicted molar refractivity (Wildman–Crippen MR) is 70.3 cm³/mol. The number of anilines is 1. The van der Waals surface area contributed by atoms with Gasteiger partial charge in [0, 0.05) is 17.6 Å². The fourth-order valence-electron chi connectivity index (χ4n) is 1.67. The number of nitriles is 1. The van der Waals surface area contributed by atoms with E-state index in [1.807, 2.05) is 0 Å². The van der Waals surface area contributed by atoms with Gasteiger partial charge in [0.2, 0.25) is 0 Å². The van der Waals surface area contributed by atoms with Crippen molar-refractivity contribution >= 4 is 17.3 Å². The smallest absolute Gasteiger partial charge is 0.101 e. The summed E-state index contributed by atoms with van der Waals surface area (Å²) in [7, 11) is 0. The van der Waals surface area contributed by atoms with E-state index in [1.54, 1.807) is 18.2 Å². The molecule has 0 atom stereocenters. The van der Waals surface area contributed by atoms with Gasteiger partial charge in [-0.1, -0.05) is 11.6 Å². The predicted octanol–water partition coefficient (Wildman–Crippen LogP) is 2.77. The number of rotatable bonds is 6. The normalized spacial score (nSPS) is 14.4. The van der Waals surface area contributed by atoms with E-state index in [9.17, 15) is 0 Å². The van der Waals surface area contributed by atoms with E-state index in [2.05, 4.69) is 16.7 Å². The molecule has 0 spiro atoms. The first kappa shape index (κ1) is 12.2. The fraction of sp³-hybridized carbons (Fsp3) is 0.462. The Hall–Kier alpha value is -1.24. The molecule has 1 saturated carbocycles. The van der Waals surface area contributed by atoms with Gasteiger partial charge in [-0.2, -0.15) is 5.26 Å². The highest BCUT2D eigenvalue weighted by Gasteiger charge is 2.19. The molecule has 3 nitrogen and oxygen atoms in total. The highest BCUT2D eigenvalue weighted by atomic mass is 35.5. The molecule has 0 aliphatic heterocycles. The first-order chi connectivity index (χ1) is 8.29. The number of hydrogen-bond donors (Lipinski definition) is 2. The van der Waals surface area contributed by atoms with Crippen molar-refractivity contribution in [3.63, 3.8) is 0 Å². The van der Waals surface area contributed by atoms with Crippen LogP contribution in [0.3, 0.4) is 0 Å². The van der Waals surface area contributed by atoms with Crippen LogP contribution in [0.5, 0.6) is 0 Å². The van der Waals surface area contributed by atoms with Gasteiger partial charge in [-0.15, -0.1) is 0 Å². The molecule has 1 aliphatic carbocycles. The Labute approximate surface area is 107 Å². The molecule has 90 valence electrons. The lowest BCUT2D eigenvalue weighted by Crippen LogP contribution is -2.20. The number of benzene rings is 1. The van der Waals surface area contributed by atoms with Crippen LogP contribution in [-0.2, 0) is 0 Å². The van der Waals surface area contributed by atoms with Crippen molar-refractivity contribution in [2.45, 2.75) is 25.3 Å². The molecule has 17 heavy (non-hydrogen) atoms. The SMILES string of the molecule is N#Cc1ccc(Cl)cc1NCCCNC1CC1. The monoisotopic (exact) mass is 249 g/mol. The third kappa shape index (κ3) is 3.92. The minimum absolute atomic E-state index is 0.643. The van der Waals surface area contributed by atoms with E-state index in [0.29, 0.717) is 10.6 Å². The molecule has 0 heterocycles. The van der Waals surface area contributed by atoms with Crippen molar-refractivity contribution in [1.82, 2.24) is 5.32 Å². The Balaban J connectivity index is 1.76. The second-order valence-electron chi connectivity index (χ2n) is 4.31. The Bertz CT molecular complexity index is 421. The summed E-state index contributed by atoms with van der Waals surface area (Å²) in [5.41, 5.74) is 1.47. The van der Waals surface area contributed by atoms with E-state index in [-0.39, 0.29) is 0 Å². The summed E-state index contributed by atoms with van der Waals surface area (Å²) in [6.07, 6.45) is 3.69. The average molecular weight is 250 g/mol. The first-order valence-corrected chi connectivity index (χ1v) is 6.34. The molecule has 1 aromatic carbocycles. The van der Waals surface area contributed by atoms with Crippen molar-refractivity contribution in [3.8, 4) is 6.07 Å². The maximum atomic E-state index is 8.95. The minimum atomic E-state index is 0.643. The minimum Gasteiger partial charge on any atom is -0.384 e. The molecular formula is C13H16ClN3. The molecule has 0 bridgehead atoms. The van der Waals surface area contributed by atoms with Crippen LogP contribution < -0.4 is 10.6 Å². The van der Waals surface area contributed by atoms with E-state index in [0.717, 1.165) is 31.2 Å². The zero-order valence-corrected chi connectivity index (χ0v) is 10.4. The van der Waals surface area contributed by atoms with Gasteiger partial charge < -0.3 is 10.6 Å². The summed E-state index contributed by atoms with van der Waals surface area (Å²) in [6, 6.07) is 8.19. The highest BCUT2D eigenvalue weighted by Crippen LogP contribution is 2.20. The lowest BCUT2D eigenvalue weighted by atomic mass is 10.2. The van der Waals surface area contributed by atoms with Gasteiger partial charge in [0.25, 0.3) is 0 Å². The van der Waals surface area contributed by atoms with Gasteiger partial charge in [-0.25, -0.2) is 0 Å². The first-order valence-electron chi connectivity index (χ1n) is 5.96. The Kier molecular flexibility index (Phi) is 4.24. The number of hydrogen-bond acceptors (Lipinski definition) is 3. The summed E-state index contributed by atoms with van der Waals surface area (Å²) in [4.78, 5) is 0. The molecule has 2 rings (SSSR count). The van der Waals surface area contributed by atoms with Crippen LogP contribution in [0.25, 0.3) is 0 Å². The van der Waals surface area contributed by atoms with E-state index in [1.165, 1.54) is 12.8 Å². The topological polar surface area (TPSA) is 47.9 Å². The van der Waals surface area contributed by atoms with Crippen molar-refractivity contribution < 1.29 is 0 Å².